The highest BCUT2D eigenvalue weighted by molar-refractivity contribution is 6.09. The van der Waals surface area contributed by atoms with Gasteiger partial charge in [0.2, 0.25) is 0 Å². The van der Waals surface area contributed by atoms with Gasteiger partial charge in [0.15, 0.2) is 0 Å². The molecule has 1 heterocycles. The Hall–Kier alpha value is -3.59. The molecule has 0 atom stereocenters. The molecule has 33 heavy (non-hydrogen) atoms. The summed E-state index contributed by atoms with van der Waals surface area (Å²) in [5.41, 5.74) is 7.33. The summed E-state index contributed by atoms with van der Waals surface area (Å²) in [6, 6.07) is 28.0. The molecule has 0 aliphatic carbocycles. The molecule has 0 N–H and O–H groups in total. The van der Waals surface area contributed by atoms with Crippen LogP contribution in [0, 0.1) is 12.7 Å². The van der Waals surface area contributed by atoms with Crippen LogP contribution in [0.2, 0.25) is 0 Å². The molecule has 0 fully saturated rings. The Morgan fingerprint density at radius 3 is 2.33 bits per heavy atom. The van der Waals surface area contributed by atoms with Gasteiger partial charge in [0, 0.05) is 23.4 Å². The number of fused-ring (bicyclic) bond motifs is 3. The highest BCUT2D eigenvalue weighted by Crippen LogP contribution is 2.35. The molecule has 5 aromatic rings. The number of rotatable bonds is 7. The first kappa shape index (κ1) is 21.3. The number of hydrogen-bond donors (Lipinski definition) is 0. The van der Waals surface area contributed by atoms with E-state index in [0.29, 0.717) is 6.61 Å². The Balaban J connectivity index is 1.55. The zero-order valence-corrected chi connectivity index (χ0v) is 19.1. The Labute approximate surface area is 194 Å². The Kier molecular flexibility index (Phi) is 5.87. The summed E-state index contributed by atoms with van der Waals surface area (Å²) in [6.45, 7) is 5.92. The molecule has 1 aromatic heterocycles. The third-order valence-electron chi connectivity index (χ3n) is 6.37. The molecule has 0 amide bonds. The summed E-state index contributed by atoms with van der Waals surface area (Å²) in [4.78, 5) is 0. The van der Waals surface area contributed by atoms with Crippen molar-refractivity contribution in [3.8, 4) is 5.75 Å². The second-order valence-electron chi connectivity index (χ2n) is 8.65. The predicted molar refractivity (Wildman–Crippen MR) is 134 cm³/mol. The lowest BCUT2D eigenvalue weighted by Crippen LogP contribution is -2.00. The lowest BCUT2D eigenvalue weighted by Gasteiger charge is -2.12. The van der Waals surface area contributed by atoms with E-state index < -0.39 is 0 Å². The molecule has 0 spiro atoms. The lowest BCUT2D eigenvalue weighted by molar-refractivity contribution is 0.306. The molecule has 0 radical (unpaired) electrons. The quantitative estimate of drug-likeness (QED) is 0.253. The van der Waals surface area contributed by atoms with Gasteiger partial charge < -0.3 is 9.30 Å². The molecule has 0 saturated heterocycles. The van der Waals surface area contributed by atoms with E-state index in [1.165, 1.54) is 45.1 Å². The maximum absolute atomic E-state index is 13.3. The van der Waals surface area contributed by atoms with Crippen molar-refractivity contribution in [1.82, 2.24) is 4.57 Å². The minimum Gasteiger partial charge on any atom is -0.489 e. The van der Waals surface area contributed by atoms with Gasteiger partial charge in [-0.15, -0.1) is 0 Å². The van der Waals surface area contributed by atoms with Crippen LogP contribution < -0.4 is 4.74 Å². The van der Waals surface area contributed by atoms with E-state index in [4.69, 9.17) is 4.74 Å². The van der Waals surface area contributed by atoms with Crippen LogP contribution in [-0.2, 0) is 19.6 Å². The number of ether oxygens (including phenoxy) is 1. The van der Waals surface area contributed by atoms with E-state index in [2.05, 4.69) is 60.9 Å². The van der Waals surface area contributed by atoms with Crippen LogP contribution in [0.15, 0.2) is 84.9 Å². The SMILES string of the molecule is CCCn1c2cc(OCc3ccccc3)ccc2c2ccc(Cc3ccc(F)cc3)c(C)c21. The van der Waals surface area contributed by atoms with Crippen LogP contribution in [0.1, 0.15) is 35.6 Å². The molecule has 4 aromatic carbocycles. The average molecular weight is 438 g/mol. The maximum Gasteiger partial charge on any atom is 0.123 e. The first-order valence-electron chi connectivity index (χ1n) is 11.6. The Morgan fingerprint density at radius 1 is 0.818 bits per heavy atom. The monoisotopic (exact) mass is 437 g/mol. The zero-order valence-electron chi connectivity index (χ0n) is 19.1. The van der Waals surface area contributed by atoms with Crippen LogP contribution >= 0.6 is 0 Å². The van der Waals surface area contributed by atoms with Crippen molar-refractivity contribution in [2.45, 2.75) is 39.8 Å². The van der Waals surface area contributed by atoms with E-state index in [1.807, 2.05) is 30.3 Å². The van der Waals surface area contributed by atoms with E-state index in [1.54, 1.807) is 0 Å². The fraction of sp³-hybridized carbons (Fsp3) is 0.200. The van der Waals surface area contributed by atoms with E-state index in [0.717, 1.165) is 36.3 Å². The summed E-state index contributed by atoms with van der Waals surface area (Å²) in [6.07, 6.45) is 1.84. The summed E-state index contributed by atoms with van der Waals surface area (Å²) in [5.74, 6) is 0.690. The van der Waals surface area contributed by atoms with Gasteiger partial charge in [-0.3, -0.25) is 0 Å². The predicted octanol–water partition coefficient (Wildman–Crippen LogP) is 7.82. The van der Waals surface area contributed by atoms with Crippen LogP contribution in [0.3, 0.4) is 0 Å². The van der Waals surface area contributed by atoms with Crippen molar-refractivity contribution in [1.29, 1.82) is 0 Å². The zero-order chi connectivity index (χ0) is 22.8. The van der Waals surface area contributed by atoms with Crippen molar-refractivity contribution in [2.75, 3.05) is 0 Å². The number of hydrogen-bond acceptors (Lipinski definition) is 1. The lowest BCUT2D eigenvalue weighted by atomic mass is 9.98. The van der Waals surface area contributed by atoms with Crippen LogP contribution in [-0.4, -0.2) is 4.57 Å². The van der Waals surface area contributed by atoms with Gasteiger partial charge in [0.1, 0.15) is 18.2 Å². The minimum atomic E-state index is -0.195. The molecule has 2 nitrogen and oxygen atoms in total. The molecule has 5 rings (SSSR count). The smallest absolute Gasteiger partial charge is 0.123 e. The molecule has 0 aliphatic heterocycles. The van der Waals surface area contributed by atoms with E-state index in [9.17, 15) is 4.39 Å². The van der Waals surface area contributed by atoms with Crippen molar-refractivity contribution >= 4 is 21.8 Å². The standard InChI is InChI=1S/C30H28FNO/c1-3-17-32-29-19-26(33-20-23-7-5-4-6-8-23)14-16-27(29)28-15-11-24(21(2)30(28)32)18-22-9-12-25(31)13-10-22/h4-16,19H,3,17-18,20H2,1-2H3. The van der Waals surface area contributed by atoms with Crippen molar-refractivity contribution in [3.05, 3.63) is 113 Å². The maximum atomic E-state index is 13.3. The van der Waals surface area contributed by atoms with Crippen LogP contribution in [0.4, 0.5) is 4.39 Å². The molecule has 0 aliphatic rings. The molecule has 0 unspecified atom stereocenters. The highest BCUT2D eigenvalue weighted by Gasteiger charge is 2.15. The summed E-state index contributed by atoms with van der Waals surface area (Å²) < 4.78 is 21.9. The molecular formula is C30H28FNO. The first-order chi connectivity index (χ1) is 16.1. The molecular weight excluding hydrogens is 409 g/mol. The largest absolute Gasteiger partial charge is 0.489 e. The first-order valence-corrected chi connectivity index (χ1v) is 11.6. The molecule has 0 bridgehead atoms. The van der Waals surface area contributed by atoms with Gasteiger partial charge >= 0.3 is 0 Å². The second kappa shape index (κ2) is 9.11. The Morgan fingerprint density at radius 2 is 1.58 bits per heavy atom. The average Bonchev–Trinajstić information content (AvgIpc) is 3.15. The van der Waals surface area contributed by atoms with Crippen molar-refractivity contribution in [3.63, 3.8) is 0 Å². The number of aromatic nitrogens is 1. The van der Waals surface area contributed by atoms with Crippen LogP contribution in [0.5, 0.6) is 5.75 Å². The van der Waals surface area contributed by atoms with Crippen molar-refractivity contribution in [2.24, 2.45) is 0 Å². The van der Waals surface area contributed by atoms with E-state index in [-0.39, 0.29) is 5.82 Å². The summed E-state index contributed by atoms with van der Waals surface area (Å²) >= 11 is 0. The third kappa shape index (κ3) is 4.23. The normalized spacial score (nSPS) is 11.4. The topological polar surface area (TPSA) is 14.2 Å². The second-order valence-corrected chi connectivity index (χ2v) is 8.65. The van der Waals surface area contributed by atoms with Gasteiger partial charge in [-0.05, 0) is 66.3 Å². The van der Waals surface area contributed by atoms with Gasteiger partial charge in [-0.25, -0.2) is 4.39 Å². The number of aryl methyl sites for hydroxylation is 2. The highest BCUT2D eigenvalue weighted by atomic mass is 19.1. The third-order valence-corrected chi connectivity index (χ3v) is 6.37. The van der Waals surface area contributed by atoms with Gasteiger partial charge in [0.05, 0.1) is 11.0 Å². The molecule has 3 heteroatoms. The molecule has 166 valence electrons. The minimum absolute atomic E-state index is 0.195. The van der Waals surface area contributed by atoms with Gasteiger partial charge in [-0.2, -0.15) is 0 Å². The number of halogens is 1. The molecule has 0 saturated carbocycles. The number of nitrogens with zero attached hydrogens (tertiary/aromatic N) is 1. The summed E-state index contributed by atoms with van der Waals surface area (Å²) in [7, 11) is 0. The fourth-order valence-corrected chi connectivity index (χ4v) is 4.69. The fourth-order valence-electron chi connectivity index (χ4n) is 4.69. The van der Waals surface area contributed by atoms with Crippen LogP contribution in [0.25, 0.3) is 21.8 Å². The summed E-state index contributed by atoms with van der Waals surface area (Å²) in [5, 5.41) is 2.52. The van der Waals surface area contributed by atoms with E-state index >= 15 is 0 Å². The van der Waals surface area contributed by atoms with Gasteiger partial charge in [0.25, 0.3) is 0 Å². The van der Waals surface area contributed by atoms with Gasteiger partial charge in [-0.1, -0.05) is 61.5 Å². The number of benzene rings is 4. The Bertz CT molecular complexity index is 1400. The van der Waals surface area contributed by atoms with Crippen molar-refractivity contribution < 1.29 is 9.13 Å².